The van der Waals surface area contributed by atoms with Crippen molar-refractivity contribution in [3.05, 3.63) is 23.8 Å². The Kier molecular flexibility index (Phi) is 2.98. The van der Waals surface area contributed by atoms with Crippen molar-refractivity contribution in [1.82, 2.24) is 0 Å². The highest BCUT2D eigenvalue weighted by atomic mass is 16.1. The van der Waals surface area contributed by atoms with Gasteiger partial charge >= 0.3 is 0 Å². The Labute approximate surface area is 108 Å². The van der Waals surface area contributed by atoms with E-state index in [1.807, 2.05) is 6.07 Å². The molecule has 1 saturated carbocycles. The first-order valence-corrected chi connectivity index (χ1v) is 6.92. The van der Waals surface area contributed by atoms with Crippen LogP contribution >= 0.6 is 0 Å². The second-order valence-electron chi connectivity index (χ2n) is 5.55. The van der Waals surface area contributed by atoms with E-state index in [9.17, 15) is 4.79 Å². The molecule has 0 spiro atoms. The van der Waals surface area contributed by atoms with Crippen molar-refractivity contribution in [2.75, 3.05) is 17.2 Å². The summed E-state index contributed by atoms with van der Waals surface area (Å²) in [7, 11) is 0. The second-order valence-corrected chi connectivity index (χ2v) is 5.55. The highest BCUT2D eigenvalue weighted by molar-refractivity contribution is 5.93. The fourth-order valence-electron chi connectivity index (χ4n) is 3.15. The van der Waals surface area contributed by atoms with Crippen LogP contribution in [0.5, 0.6) is 0 Å². The summed E-state index contributed by atoms with van der Waals surface area (Å²) in [4.78, 5) is 12.2. The minimum atomic E-state index is 0.200. The van der Waals surface area contributed by atoms with Crippen molar-refractivity contribution < 1.29 is 4.79 Å². The third-order valence-corrected chi connectivity index (χ3v) is 4.28. The predicted octanol–water partition coefficient (Wildman–Crippen LogP) is 3.03. The summed E-state index contributed by atoms with van der Waals surface area (Å²) in [5.74, 6) is 0.934. The van der Waals surface area contributed by atoms with Gasteiger partial charge in [-0.15, -0.1) is 0 Å². The first-order valence-electron chi connectivity index (χ1n) is 6.92. The molecule has 96 valence electrons. The van der Waals surface area contributed by atoms with Crippen LogP contribution < -0.4 is 10.6 Å². The van der Waals surface area contributed by atoms with Gasteiger partial charge in [0.15, 0.2) is 0 Å². The SMILES string of the molecule is CC1CCCC1C(=O)Nc1ccc2c(c1)CCN2. The van der Waals surface area contributed by atoms with Crippen LogP contribution in [0.2, 0.25) is 0 Å². The van der Waals surface area contributed by atoms with Gasteiger partial charge in [0.05, 0.1) is 0 Å². The largest absolute Gasteiger partial charge is 0.384 e. The molecular weight excluding hydrogens is 224 g/mol. The van der Waals surface area contributed by atoms with Crippen LogP contribution in [0, 0.1) is 11.8 Å². The Balaban J connectivity index is 1.71. The zero-order valence-corrected chi connectivity index (χ0v) is 10.8. The van der Waals surface area contributed by atoms with Gasteiger partial charge in [-0.3, -0.25) is 4.79 Å². The maximum absolute atomic E-state index is 12.2. The van der Waals surface area contributed by atoms with Gasteiger partial charge in [0.2, 0.25) is 5.91 Å². The van der Waals surface area contributed by atoms with Gasteiger partial charge in [-0.05, 0) is 48.9 Å². The van der Waals surface area contributed by atoms with E-state index >= 15 is 0 Å². The molecule has 0 bridgehead atoms. The van der Waals surface area contributed by atoms with Gasteiger partial charge in [0.1, 0.15) is 0 Å². The molecule has 1 aliphatic heterocycles. The van der Waals surface area contributed by atoms with Crippen LogP contribution in [0.4, 0.5) is 11.4 Å². The van der Waals surface area contributed by atoms with Crippen LogP contribution in [-0.4, -0.2) is 12.5 Å². The molecule has 1 fully saturated rings. The minimum Gasteiger partial charge on any atom is -0.384 e. The summed E-state index contributed by atoms with van der Waals surface area (Å²) in [5, 5.41) is 6.41. The summed E-state index contributed by atoms with van der Waals surface area (Å²) >= 11 is 0. The monoisotopic (exact) mass is 244 g/mol. The fourth-order valence-corrected chi connectivity index (χ4v) is 3.15. The highest BCUT2D eigenvalue weighted by Crippen LogP contribution is 2.32. The zero-order valence-electron chi connectivity index (χ0n) is 10.8. The van der Waals surface area contributed by atoms with Crippen molar-refractivity contribution in [3.63, 3.8) is 0 Å². The van der Waals surface area contributed by atoms with Gasteiger partial charge in [-0.2, -0.15) is 0 Å². The Morgan fingerprint density at radius 2 is 2.28 bits per heavy atom. The molecule has 1 aromatic rings. The number of carbonyl (C=O) groups is 1. The molecule has 3 nitrogen and oxygen atoms in total. The zero-order chi connectivity index (χ0) is 12.5. The van der Waals surface area contributed by atoms with E-state index in [4.69, 9.17) is 0 Å². The van der Waals surface area contributed by atoms with Gasteiger partial charge in [-0.1, -0.05) is 13.3 Å². The minimum absolute atomic E-state index is 0.200. The molecule has 0 saturated heterocycles. The molecule has 2 aliphatic rings. The Morgan fingerprint density at radius 3 is 3.06 bits per heavy atom. The molecule has 3 rings (SSSR count). The van der Waals surface area contributed by atoms with E-state index in [1.54, 1.807) is 0 Å². The number of nitrogens with one attached hydrogen (secondary N) is 2. The lowest BCUT2D eigenvalue weighted by Crippen LogP contribution is -2.24. The maximum atomic E-state index is 12.2. The topological polar surface area (TPSA) is 41.1 Å². The van der Waals surface area contributed by atoms with Crippen LogP contribution in [0.15, 0.2) is 18.2 Å². The third-order valence-electron chi connectivity index (χ3n) is 4.28. The quantitative estimate of drug-likeness (QED) is 0.839. The molecule has 0 aromatic heterocycles. The number of anilines is 2. The Hall–Kier alpha value is -1.51. The van der Waals surface area contributed by atoms with Crippen molar-refractivity contribution in [3.8, 4) is 0 Å². The summed E-state index contributed by atoms with van der Waals surface area (Å²) in [6, 6.07) is 6.16. The maximum Gasteiger partial charge on any atom is 0.227 e. The van der Waals surface area contributed by atoms with Crippen LogP contribution in [0.25, 0.3) is 0 Å². The molecule has 3 heteroatoms. The lowest BCUT2D eigenvalue weighted by molar-refractivity contribution is -0.120. The fraction of sp³-hybridized carbons (Fsp3) is 0.533. The van der Waals surface area contributed by atoms with Crippen LogP contribution in [0.3, 0.4) is 0 Å². The van der Waals surface area contributed by atoms with Crippen LogP contribution in [0.1, 0.15) is 31.7 Å². The highest BCUT2D eigenvalue weighted by Gasteiger charge is 2.29. The van der Waals surface area contributed by atoms with Gasteiger partial charge in [0, 0.05) is 23.8 Å². The number of benzene rings is 1. The normalized spacial score (nSPS) is 25.6. The third kappa shape index (κ3) is 2.09. The number of carbonyl (C=O) groups excluding carboxylic acids is 1. The van der Waals surface area contributed by atoms with E-state index in [0.717, 1.165) is 25.1 Å². The lowest BCUT2D eigenvalue weighted by Gasteiger charge is -2.15. The number of rotatable bonds is 2. The molecule has 18 heavy (non-hydrogen) atoms. The molecular formula is C15H20N2O. The molecule has 1 aromatic carbocycles. The first-order chi connectivity index (χ1) is 8.74. The predicted molar refractivity (Wildman–Crippen MR) is 73.8 cm³/mol. The molecule has 1 aliphatic carbocycles. The summed E-state index contributed by atoms with van der Waals surface area (Å²) in [6.07, 6.45) is 4.47. The lowest BCUT2D eigenvalue weighted by atomic mass is 9.97. The van der Waals surface area contributed by atoms with Gasteiger partial charge in [0.25, 0.3) is 0 Å². The average Bonchev–Trinajstić information content (AvgIpc) is 2.96. The molecule has 1 amide bonds. The average molecular weight is 244 g/mol. The van der Waals surface area contributed by atoms with E-state index in [0.29, 0.717) is 5.92 Å². The first kappa shape index (κ1) is 11.6. The van der Waals surface area contributed by atoms with E-state index < -0.39 is 0 Å². The smallest absolute Gasteiger partial charge is 0.227 e. The second kappa shape index (κ2) is 4.63. The van der Waals surface area contributed by atoms with Crippen molar-refractivity contribution in [1.29, 1.82) is 0 Å². The number of hydrogen-bond donors (Lipinski definition) is 2. The molecule has 2 N–H and O–H groups in total. The van der Waals surface area contributed by atoms with Crippen molar-refractivity contribution >= 4 is 17.3 Å². The molecule has 0 radical (unpaired) electrons. The molecule has 2 unspecified atom stereocenters. The Morgan fingerprint density at radius 1 is 1.39 bits per heavy atom. The summed E-state index contributed by atoms with van der Waals surface area (Å²) in [5.41, 5.74) is 3.47. The standard InChI is InChI=1S/C15H20N2O/c1-10-3-2-4-13(10)15(18)17-12-5-6-14-11(9-12)7-8-16-14/h5-6,9-10,13,16H,2-4,7-8H2,1H3,(H,17,18). The van der Waals surface area contributed by atoms with Gasteiger partial charge < -0.3 is 10.6 Å². The number of hydrogen-bond acceptors (Lipinski definition) is 2. The van der Waals surface area contributed by atoms with Crippen molar-refractivity contribution in [2.24, 2.45) is 11.8 Å². The number of fused-ring (bicyclic) bond motifs is 1. The molecule has 1 heterocycles. The van der Waals surface area contributed by atoms with Gasteiger partial charge in [-0.25, -0.2) is 0 Å². The van der Waals surface area contributed by atoms with Crippen LogP contribution in [-0.2, 0) is 11.2 Å². The van der Waals surface area contributed by atoms with E-state index in [-0.39, 0.29) is 11.8 Å². The van der Waals surface area contributed by atoms with E-state index in [1.165, 1.54) is 24.1 Å². The van der Waals surface area contributed by atoms with E-state index in [2.05, 4.69) is 29.7 Å². The number of amides is 1. The summed E-state index contributed by atoms with van der Waals surface area (Å²) in [6.45, 7) is 3.19. The summed E-state index contributed by atoms with van der Waals surface area (Å²) < 4.78 is 0. The van der Waals surface area contributed by atoms with Crippen molar-refractivity contribution in [2.45, 2.75) is 32.6 Å². The Bertz CT molecular complexity index is 470. The molecule has 2 atom stereocenters.